The van der Waals surface area contributed by atoms with Crippen molar-refractivity contribution in [2.75, 3.05) is 5.32 Å². The van der Waals surface area contributed by atoms with E-state index < -0.39 is 0 Å². The van der Waals surface area contributed by atoms with Crippen molar-refractivity contribution < 1.29 is 4.79 Å². The number of amides is 1. The van der Waals surface area contributed by atoms with Crippen molar-refractivity contribution in [1.82, 2.24) is 9.97 Å². The number of rotatable bonds is 0. The summed E-state index contributed by atoms with van der Waals surface area (Å²) < 4.78 is 0. The van der Waals surface area contributed by atoms with E-state index in [2.05, 4.69) is 63.8 Å². The van der Waals surface area contributed by atoms with E-state index in [0.29, 0.717) is 6.42 Å². The lowest BCUT2D eigenvalue weighted by molar-refractivity contribution is -0.115. The van der Waals surface area contributed by atoms with E-state index in [1.165, 1.54) is 21.8 Å². The first-order chi connectivity index (χ1) is 10.8. The van der Waals surface area contributed by atoms with Crippen molar-refractivity contribution in [3.05, 3.63) is 66.5 Å². The van der Waals surface area contributed by atoms with E-state index in [0.717, 1.165) is 11.4 Å². The average Bonchev–Trinajstić information content (AvgIpc) is 3.19. The molecule has 4 nitrogen and oxygen atoms in total. The minimum atomic E-state index is 0.0804. The van der Waals surface area contributed by atoms with Crippen molar-refractivity contribution in [2.24, 2.45) is 0 Å². The van der Waals surface area contributed by atoms with Gasteiger partial charge in [-0.3, -0.25) is 4.79 Å². The Morgan fingerprint density at radius 3 is 2.09 bits per heavy atom. The molecule has 0 unspecified atom stereocenters. The molecule has 4 aromatic rings. The second-order valence-corrected chi connectivity index (χ2v) is 5.31. The first-order valence-electron chi connectivity index (χ1n) is 7.23. The molecule has 1 aliphatic heterocycles. The molecule has 0 aliphatic carbocycles. The Labute approximate surface area is 127 Å². The lowest BCUT2D eigenvalue weighted by Gasteiger charge is -1.87. The number of aromatic nitrogens is 2. The summed E-state index contributed by atoms with van der Waals surface area (Å²) in [6, 6.07) is 18.6. The monoisotopic (exact) mass is 289 g/mol. The SMILES string of the molecule is O=C1Cc2[nH]ccc2N1.c1ccc2c(c1)[nH]c1ccccc12. The molecule has 0 saturated heterocycles. The number of hydrogen-bond donors (Lipinski definition) is 3. The molecule has 2 aromatic carbocycles. The van der Waals surface area contributed by atoms with Gasteiger partial charge in [-0.1, -0.05) is 36.4 Å². The molecule has 0 atom stereocenters. The zero-order valence-electron chi connectivity index (χ0n) is 11.9. The average molecular weight is 289 g/mol. The van der Waals surface area contributed by atoms with Crippen LogP contribution in [-0.4, -0.2) is 15.9 Å². The third kappa shape index (κ3) is 2.15. The summed E-state index contributed by atoms with van der Waals surface area (Å²) in [5, 5.41) is 5.31. The van der Waals surface area contributed by atoms with Crippen LogP contribution >= 0.6 is 0 Å². The molecule has 0 bridgehead atoms. The maximum absolute atomic E-state index is 10.6. The molecule has 4 heteroatoms. The summed E-state index contributed by atoms with van der Waals surface area (Å²) in [5.41, 5.74) is 4.35. The van der Waals surface area contributed by atoms with Crippen LogP contribution in [0, 0.1) is 0 Å². The van der Waals surface area contributed by atoms with Crippen LogP contribution < -0.4 is 5.32 Å². The summed E-state index contributed by atoms with van der Waals surface area (Å²) in [5.74, 6) is 0.0804. The fourth-order valence-corrected chi connectivity index (χ4v) is 2.82. The lowest BCUT2D eigenvalue weighted by atomic mass is 10.2. The minimum Gasteiger partial charge on any atom is -0.363 e. The van der Waals surface area contributed by atoms with Crippen LogP contribution in [0.15, 0.2) is 60.8 Å². The van der Waals surface area contributed by atoms with E-state index in [4.69, 9.17) is 0 Å². The third-order valence-electron chi connectivity index (χ3n) is 3.86. The predicted octanol–water partition coefficient (Wildman–Crippen LogP) is 3.83. The van der Waals surface area contributed by atoms with Crippen molar-refractivity contribution in [2.45, 2.75) is 6.42 Å². The van der Waals surface area contributed by atoms with E-state index >= 15 is 0 Å². The highest BCUT2D eigenvalue weighted by atomic mass is 16.1. The van der Waals surface area contributed by atoms with E-state index in [1.54, 1.807) is 0 Å². The molecule has 1 amide bonds. The van der Waals surface area contributed by atoms with Crippen molar-refractivity contribution in [3.63, 3.8) is 0 Å². The van der Waals surface area contributed by atoms with Gasteiger partial charge in [-0.25, -0.2) is 0 Å². The number of hydrogen-bond acceptors (Lipinski definition) is 1. The molecule has 0 fully saturated rings. The van der Waals surface area contributed by atoms with Crippen LogP contribution in [0.1, 0.15) is 5.69 Å². The number of H-pyrrole nitrogens is 2. The number of para-hydroxylation sites is 2. The van der Waals surface area contributed by atoms with E-state index in [-0.39, 0.29) is 5.91 Å². The Morgan fingerprint density at radius 2 is 1.45 bits per heavy atom. The fraction of sp³-hybridized carbons (Fsp3) is 0.0556. The summed E-state index contributed by atoms with van der Waals surface area (Å²) >= 11 is 0. The number of fused-ring (bicyclic) bond motifs is 4. The van der Waals surface area contributed by atoms with Gasteiger partial charge >= 0.3 is 0 Å². The Hall–Kier alpha value is -3.01. The van der Waals surface area contributed by atoms with Gasteiger partial charge in [0.2, 0.25) is 5.91 Å². The molecule has 0 radical (unpaired) electrons. The highest BCUT2D eigenvalue weighted by Crippen LogP contribution is 2.24. The molecule has 22 heavy (non-hydrogen) atoms. The van der Waals surface area contributed by atoms with E-state index in [9.17, 15) is 4.79 Å². The second-order valence-electron chi connectivity index (χ2n) is 5.31. The Morgan fingerprint density at radius 1 is 0.818 bits per heavy atom. The molecular weight excluding hydrogens is 274 g/mol. The van der Waals surface area contributed by atoms with Gasteiger partial charge in [0.1, 0.15) is 0 Å². The number of benzene rings is 2. The third-order valence-corrected chi connectivity index (χ3v) is 3.86. The summed E-state index contributed by atoms with van der Waals surface area (Å²) in [4.78, 5) is 17.0. The molecule has 5 rings (SSSR count). The first-order valence-corrected chi connectivity index (χ1v) is 7.23. The summed E-state index contributed by atoms with van der Waals surface area (Å²) in [6.45, 7) is 0. The highest BCUT2D eigenvalue weighted by Gasteiger charge is 2.16. The molecule has 3 heterocycles. The highest BCUT2D eigenvalue weighted by molar-refractivity contribution is 6.07. The smallest absolute Gasteiger partial charge is 0.230 e. The summed E-state index contributed by atoms with van der Waals surface area (Å²) in [6.07, 6.45) is 2.33. The number of nitrogens with one attached hydrogen (secondary N) is 3. The minimum absolute atomic E-state index is 0.0804. The maximum atomic E-state index is 10.6. The van der Waals surface area contributed by atoms with Crippen molar-refractivity contribution in [1.29, 1.82) is 0 Å². The molecule has 0 spiro atoms. The van der Waals surface area contributed by atoms with E-state index in [1.807, 2.05) is 12.3 Å². The van der Waals surface area contributed by atoms with Crippen LogP contribution in [0.3, 0.4) is 0 Å². The quantitative estimate of drug-likeness (QED) is 0.452. The Balaban J connectivity index is 0.000000122. The zero-order valence-corrected chi connectivity index (χ0v) is 11.9. The molecular formula is C18H15N3O. The number of carbonyl (C=O) groups excluding carboxylic acids is 1. The van der Waals surface area contributed by atoms with Gasteiger partial charge in [0.25, 0.3) is 0 Å². The van der Waals surface area contributed by atoms with Crippen LogP contribution in [-0.2, 0) is 11.2 Å². The van der Waals surface area contributed by atoms with Gasteiger partial charge in [-0.05, 0) is 18.2 Å². The molecule has 3 N–H and O–H groups in total. The fourth-order valence-electron chi connectivity index (χ4n) is 2.82. The Kier molecular flexibility index (Phi) is 2.93. The van der Waals surface area contributed by atoms with Gasteiger partial charge in [-0.2, -0.15) is 0 Å². The van der Waals surface area contributed by atoms with Gasteiger partial charge in [0.15, 0.2) is 0 Å². The van der Waals surface area contributed by atoms with Crippen molar-refractivity contribution >= 4 is 33.4 Å². The molecule has 2 aromatic heterocycles. The first kappa shape index (κ1) is 12.7. The second kappa shape index (κ2) is 5.07. The standard InChI is InChI=1S/C12H9N.C6H6N2O/c1-3-7-11-9(5-1)10-6-2-4-8-12(10)13-11;9-6-3-5-4(8-6)1-2-7-5/h1-8,13H;1-2,7H,3H2,(H,8,9). The topological polar surface area (TPSA) is 60.7 Å². The van der Waals surface area contributed by atoms with Gasteiger partial charge in [-0.15, -0.1) is 0 Å². The Bertz CT molecular complexity index is 892. The van der Waals surface area contributed by atoms with Gasteiger partial charge in [0, 0.05) is 33.7 Å². The lowest BCUT2D eigenvalue weighted by Crippen LogP contribution is -2.04. The molecule has 108 valence electrons. The molecule has 0 saturated carbocycles. The predicted molar refractivity (Wildman–Crippen MR) is 88.9 cm³/mol. The normalized spacial score (nSPS) is 12.8. The summed E-state index contributed by atoms with van der Waals surface area (Å²) in [7, 11) is 0. The van der Waals surface area contributed by atoms with Gasteiger partial charge in [0.05, 0.1) is 12.1 Å². The number of anilines is 1. The van der Waals surface area contributed by atoms with Crippen LogP contribution in [0.4, 0.5) is 5.69 Å². The van der Waals surface area contributed by atoms with Gasteiger partial charge < -0.3 is 15.3 Å². The molecule has 1 aliphatic rings. The zero-order chi connectivity index (χ0) is 14.9. The van der Waals surface area contributed by atoms with Crippen LogP contribution in [0.5, 0.6) is 0 Å². The van der Waals surface area contributed by atoms with Crippen LogP contribution in [0.2, 0.25) is 0 Å². The van der Waals surface area contributed by atoms with Crippen LogP contribution in [0.25, 0.3) is 21.8 Å². The van der Waals surface area contributed by atoms with Crippen molar-refractivity contribution in [3.8, 4) is 0 Å². The number of carbonyl (C=O) groups is 1. The number of aromatic amines is 2. The largest absolute Gasteiger partial charge is 0.363 e. The maximum Gasteiger partial charge on any atom is 0.230 e.